The molecule has 0 amide bonds. The predicted octanol–water partition coefficient (Wildman–Crippen LogP) is 3.15. The summed E-state index contributed by atoms with van der Waals surface area (Å²) in [5, 5.41) is 0. The molecule has 0 bridgehead atoms. The molecule has 0 aliphatic rings. The lowest BCUT2D eigenvalue weighted by Gasteiger charge is -2.30. The molecule has 1 rings (SSSR count). The average molecular weight is 291 g/mol. The van der Waals surface area contributed by atoms with Crippen LogP contribution >= 0.6 is 22.9 Å². The summed E-state index contributed by atoms with van der Waals surface area (Å²) in [4.78, 5) is 3.44. The third-order valence-electron chi connectivity index (χ3n) is 2.75. The molecule has 0 aromatic carbocycles. The zero-order chi connectivity index (χ0) is 13.7. The Kier molecular flexibility index (Phi) is 6.60. The molecule has 2 atom stereocenters. The van der Waals surface area contributed by atoms with Crippen LogP contribution < -0.4 is 5.73 Å². The first kappa shape index (κ1) is 15.9. The molecule has 1 heterocycles. The van der Waals surface area contributed by atoms with Gasteiger partial charge in [0, 0.05) is 17.5 Å². The molecule has 1 aromatic rings. The van der Waals surface area contributed by atoms with Gasteiger partial charge in [0.2, 0.25) is 0 Å². The third-order valence-corrected chi connectivity index (χ3v) is 4.06. The van der Waals surface area contributed by atoms with Gasteiger partial charge in [-0.25, -0.2) is 0 Å². The number of rotatable bonds is 7. The van der Waals surface area contributed by atoms with Gasteiger partial charge in [-0.05, 0) is 40.0 Å². The maximum absolute atomic E-state index is 6.09. The van der Waals surface area contributed by atoms with Gasteiger partial charge >= 0.3 is 0 Å². The van der Waals surface area contributed by atoms with E-state index in [2.05, 4.69) is 18.0 Å². The van der Waals surface area contributed by atoms with E-state index in [1.807, 2.05) is 26.8 Å². The van der Waals surface area contributed by atoms with Crippen LogP contribution in [0.1, 0.15) is 31.7 Å². The number of nitrogens with zero attached hydrogens (tertiary/aromatic N) is 1. The highest BCUT2D eigenvalue weighted by molar-refractivity contribution is 7.16. The Morgan fingerprint density at radius 2 is 2.06 bits per heavy atom. The number of thiophene rings is 1. The Balaban J connectivity index is 2.61. The normalized spacial score (nSPS) is 15.3. The summed E-state index contributed by atoms with van der Waals surface area (Å²) in [7, 11) is 2.07. The van der Waals surface area contributed by atoms with Crippen molar-refractivity contribution in [3.8, 4) is 0 Å². The van der Waals surface area contributed by atoms with Gasteiger partial charge in [0.1, 0.15) is 0 Å². The van der Waals surface area contributed by atoms with Crippen molar-refractivity contribution in [2.45, 2.75) is 39.0 Å². The van der Waals surface area contributed by atoms with Gasteiger partial charge in [0.05, 0.1) is 23.1 Å². The van der Waals surface area contributed by atoms with E-state index in [0.717, 1.165) is 17.5 Å². The van der Waals surface area contributed by atoms with Crippen LogP contribution in [0.3, 0.4) is 0 Å². The van der Waals surface area contributed by atoms with E-state index >= 15 is 0 Å². The Labute approximate surface area is 119 Å². The highest BCUT2D eigenvalue weighted by atomic mass is 35.5. The van der Waals surface area contributed by atoms with Gasteiger partial charge in [0.15, 0.2) is 0 Å². The van der Waals surface area contributed by atoms with Gasteiger partial charge in [0.25, 0.3) is 0 Å². The fourth-order valence-corrected chi connectivity index (χ4v) is 3.28. The Morgan fingerprint density at radius 1 is 1.39 bits per heavy atom. The zero-order valence-corrected chi connectivity index (χ0v) is 13.1. The number of hydrogen-bond acceptors (Lipinski definition) is 4. The molecule has 104 valence electrons. The standard InChI is InChI=1S/C13H23ClN2OS/c1-9(2)17-8-7-16(4)13(10(3)15)11-5-6-12(14)18-11/h5-6,9-10,13H,7-8,15H2,1-4H3. The van der Waals surface area contributed by atoms with Crippen LogP contribution in [-0.2, 0) is 4.74 Å². The summed E-state index contributed by atoms with van der Waals surface area (Å²) >= 11 is 7.59. The summed E-state index contributed by atoms with van der Waals surface area (Å²) in [6.45, 7) is 7.69. The number of hydrogen-bond donors (Lipinski definition) is 1. The SMILES string of the molecule is CC(C)OCCN(C)C(c1ccc(Cl)s1)C(C)N. The summed E-state index contributed by atoms with van der Waals surface area (Å²) < 4.78 is 6.39. The van der Waals surface area contributed by atoms with E-state index in [9.17, 15) is 0 Å². The quantitative estimate of drug-likeness (QED) is 0.838. The lowest BCUT2D eigenvalue weighted by molar-refractivity contribution is 0.0539. The minimum atomic E-state index is 0.0590. The molecule has 1 aromatic heterocycles. The molecule has 2 unspecified atom stereocenters. The zero-order valence-electron chi connectivity index (χ0n) is 11.5. The minimum absolute atomic E-state index is 0.0590. The fourth-order valence-electron chi connectivity index (χ4n) is 1.94. The lowest BCUT2D eigenvalue weighted by Crippen LogP contribution is -2.38. The molecule has 0 spiro atoms. The van der Waals surface area contributed by atoms with E-state index in [-0.39, 0.29) is 18.2 Å². The lowest BCUT2D eigenvalue weighted by atomic mass is 10.1. The van der Waals surface area contributed by atoms with Crippen molar-refractivity contribution in [3.63, 3.8) is 0 Å². The summed E-state index contributed by atoms with van der Waals surface area (Å²) in [5.74, 6) is 0. The van der Waals surface area contributed by atoms with Crippen molar-refractivity contribution in [1.82, 2.24) is 4.90 Å². The van der Waals surface area contributed by atoms with Crippen LogP contribution in [0, 0.1) is 0 Å². The smallest absolute Gasteiger partial charge is 0.0931 e. The first-order chi connectivity index (χ1) is 8.41. The molecule has 0 aliphatic heterocycles. The van der Waals surface area contributed by atoms with E-state index in [4.69, 9.17) is 22.1 Å². The second kappa shape index (κ2) is 7.46. The van der Waals surface area contributed by atoms with Crippen molar-refractivity contribution in [2.24, 2.45) is 5.73 Å². The van der Waals surface area contributed by atoms with Gasteiger partial charge in [-0.3, -0.25) is 4.90 Å². The van der Waals surface area contributed by atoms with E-state index in [1.165, 1.54) is 4.88 Å². The monoisotopic (exact) mass is 290 g/mol. The largest absolute Gasteiger partial charge is 0.377 e. The molecular formula is C13H23ClN2OS. The Hall–Kier alpha value is -0.130. The van der Waals surface area contributed by atoms with E-state index in [0.29, 0.717) is 0 Å². The van der Waals surface area contributed by atoms with Gasteiger partial charge < -0.3 is 10.5 Å². The molecule has 5 heteroatoms. The van der Waals surface area contributed by atoms with Crippen LogP contribution in [0.15, 0.2) is 12.1 Å². The molecule has 0 fully saturated rings. The molecule has 0 saturated carbocycles. The maximum atomic E-state index is 6.09. The van der Waals surface area contributed by atoms with Crippen LogP contribution in [0.5, 0.6) is 0 Å². The van der Waals surface area contributed by atoms with Crippen LogP contribution in [0.2, 0.25) is 4.34 Å². The topological polar surface area (TPSA) is 38.5 Å². The molecule has 2 N–H and O–H groups in total. The number of likely N-dealkylation sites (N-methyl/N-ethyl adjacent to an activating group) is 1. The number of ether oxygens (including phenoxy) is 1. The van der Waals surface area contributed by atoms with Crippen LogP contribution in [-0.4, -0.2) is 37.2 Å². The van der Waals surface area contributed by atoms with E-state index < -0.39 is 0 Å². The highest BCUT2D eigenvalue weighted by Crippen LogP contribution is 2.31. The molecule has 0 radical (unpaired) electrons. The Bertz CT molecular complexity index is 355. The third kappa shape index (κ3) is 4.86. The predicted molar refractivity (Wildman–Crippen MR) is 79.4 cm³/mol. The van der Waals surface area contributed by atoms with Crippen molar-refractivity contribution < 1.29 is 4.74 Å². The molecule has 0 aliphatic carbocycles. The molecule has 3 nitrogen and oxygen atoms in total. The number of halogens is 1. The number of nitrogens with two attached hydrogens (primary N) is 1. The molecule has 18 heavy (non-hydrogen) atoms. The van der Waals surface area contributed by atoms with Gasteiger partial charge in [-0.15, -0.1) is 11.3 Å². The summed E-state index contributed by atoms with van der Waals surface area (Å²) in [6, 6.07) is 4.23. The Morgan fingerprint density at radius 3 is 2.50 bits per heavy atom. The maximum Gasteiger partial charge on any atom is 0.0931 e. The average Bonchev–Trinajstić information content (AvgIpc) is 2.63. The van der Waals surface area contributed by atoms with E-state index in [1.54, 1.807) is 11.3 Å². The van der Waals surface area contributed by atoms with Crippen molar-refractivity contribution in [1.29, 1.82) is 0 Å². The second-order valence-corrected chi connectivity index (χ2v) is 6.59. The fraction of sp³-hybridized carbons (Fsp3) is 0.692. The summed E-state index contributed by atoms with van der Waals surface area (Å²) in [5.41, 5.74) is 6.09. The van der Waals surface area contributed by atoms with Crippen LogP contribution in [0.4, 0.5) is 0 Å². The van der Waals surface area contributed by atoms with Crippen molar-refractivity contribution >= 4 is 22.9 Å². The minimum Gasteiger partial charge on any atom is -0.377 e. The molecular weight excluding hydrogens is 268 g/mol. The summed E-state index contributed by atoms with van der Waals surface area (Å²) in [6.07, 6.45) is 0.267. The highest BCUT2D eigenvalue weighted by Gasteiger charge is 2.22. The van der Waals surface area contributed by atoms with Gasteiger partial charge in [-0.1, -0.05) is 11.6 Å². The second-order valence-electron chi connectivity index (χ2n) is 4.85. The molecule has 0 saturated heterocycles. The van der Waals surface area contributed by atoms with Crippen molar-refractivity contribution in [3.05, 3.63) is 21.3 Å². The van der Waals surface area contributed by atoms with Crippen LogP contribution in [0.25, 0.3) is 0 Å². The van der Waals surface area contributed by atoms with Crippen molar-refractivity contribution in [2.75, 3.05) is 20.2 Å². The van der Waals surface area contributed by atoms with Gasteiger partial charge in [-0.2, -0.15) is 0 Å². The first-order valence-electron chi connectivity index (χ1n) is 6.24. The first-order valence-corrected chi connectivity index (χ1v) is 7.44.